The number of rotatable bonds is 5. The number of carbonyl (C=O) groups is 1. The fourth-order valence-electron chi connectivity index (χ4n) is 2.14. The Labute approximate surface area is 159 Å². The molecule has 1 aromatic carbocycles. The van der Waals surface area contributed by atoms with E-state index >= 15 is 0 Å². The molecule has 0 aliphatic carbocycles. The Morgan fingerprint density at radius 3 is 2.64 bits per heavy atom. The largest absolute Gasteiger partial charge is 0.505 e. The van der Waals surface area contributed by atoms with Crippen LogP contribution in [0.25, 0.3) is 0 Å². The Hall–Kier alpha value is -2.02. The zero-order chi connectivity index (χ0) is 18.6. The fourth-order valence-corrected chi connectivity index (χ4v) is 2.92. The molecule has 1 aromatic heterocycles. The molecule has 0 fully saturated rings. The zero-order valence-corrected chi connectivity index (χ0v) is 15.6. The van der Waals surface area contributed by atoms with E-state index < -0.39 is 6.09 Å². The Balaban J connectivity index is 2.65. The molecule has 9 heteroatoms. The maximum absolute atomic E-state index is 11.9. The van der Waals surface area contributed by atoms with Gasteiger partial charge in [-0.25, -0.2) is 19.7 Å². The third kappa shape index (κ3) is 4.54. The zero-order valence-electron chi connectivity index (χ0n) is 13.3. The molecule has 0 spiro atoms. The maximum Gasteiger partial charge on any atom is 0.417 e. The van der Waals surface area contributed by atoms with Crippen molar-refractivity contribution in [1.29, 1.82) is 0 Å². The fraction of sp³-hybridized carbons (Fsp3) is 0.188. The molecule has 132 valence electrons. The summed E-state index contributed by atoms with van der Waals surface area (Å²) in [5.74, 6) is 0.450. The van der Waals surface area contributed by atoms with Crippen molar-refractivity contribution in [1.82, 2.24) is 9.97 Å². The molecule has 2 rings (SSSR count). The van der Waals surface area contributed by atoms with Crippen LogP contribution in [-0.4, -0.2) is 28.3 Å². The van der Waals surface area contributed by atoms with Gasteiger partial charge in [-0.05, 0) is 31.2 Å². The lowest BCUT2D eigenvalue weighted by Gasteiger charge is -2.22. The van der Waals surface area contributed by atoms with Crippen LogP contribution in [0.5, 0.6) is 0 Å². The van der Waals surface area contributed by atoms with Gasteiger partial charge in [0.1, 0.15) is 11.0 Å². The van der Waals surface area contributed by atoms with E-state index in [9.17, 15) is 9.90 Å². The van der Waals surface area contributed by atoms with E-state index in [1.807, 2.05) is 0 Å². The molecule has 0 aliphatic rings. The molecular formula is C16H14Cl3N3O3. The minimum absolute atomic E-state index is 0.120. The van der Waals surface area contributed by atoms with Gasteiger partial charge in [0.05, 0.1) is 24.1 Å². The SMILES string of the molecule is COC=CCc1c(Cl)nc(C)nc1N(C(=O)O)c1ccc(Cl)cc1Cl. The number of methoxy groups -OCH3 is 1. The first kappa shape index (κ1) is 19.3. The van der Waals surface area contributed by atoms with Gasteiger partial charge in [-0.3, -0.25) is 0 Å². The van der Waals surface area contributed by atoms with Gasteiger partial charge in [0.15, 0.2) is 5.82 Å². The minimum Gasteiger partial charge on any atom is -0.505 e. The normalized spacial score (nSPS) is 10.9. The van der Waals surface area contributed by atoms with Gasteiger partial charge in [0.2, 0.25) is 0 Å². The second-order valence-corrected chi connectivity index (χ2v) is 6.09. The van der Waals surface area contributed by atoms with E-state index in [1.54, 1.807) is 19.1 Å². The topological polar surface area (TPSA) is 75.6 Å². The summed E-state index contributed by atoms with van der Waals surface area (Å²) in [6.07, 6.45) is 2.14. The number of amides is 1. The van der Waals surface area contributed by atoms with Gasteiger partial charge in [-0.2, -0.15) is 0 Å². The number of hydrogen-bond donors (Lipinski definition) is 1. The van der Waals surface area contributed by atoms with E-state index in [-0.39, 0.29) is 28.1 Å². The average Bonchev–Trinajstić information content (AvgIpc) is 2.52. The third-order valence-corrected chi connectivity index (χ3v) is 4.01. The van der Waals surface area contributed by atoms with E-state index in [0.29, 0.717) is 16.4 Å². The highest BCUT2D eigenvalue weighted by atomic mass is 35.5. The van der Waals surface area contributed by atoms with E-state index in [2.05, 4.69) is 9.97 Å². The number of allylic oxidation sites excluding steroid dienone is 1. The summed E-state index contributed by atoms with van der Waals surface area (Å²) < 4.78 is 4.86. The first-order valence-corrected chi connectivity index (χ1v) is 8.17. The van der Waals surface area contributed by atoms with E-state index in [4.69, 9.17) is 39.5 Å². The van der Waals surface area contributed by atoms with Crippen molar-refractivity contribution >= 4 is 52.4 Å². The molecule has 0 atom stereocenters. The maximum atomic E-state index is 11.9. The first-order chi connectivity index (χ1) is 11.8. The summed E-state index contributed by atoms with van der Waals surface area (Å²) in [5, 5.41) is 10.4. The lowest BCUT2D eigenvalue weighted by atomic mass is 10.2. The van der Waals surface area contributed by atoms with Crippen LogP contribution in [0.4, 0.5) is 16.3 Å². The summed E-state index contributed by atoms with van der Waals surface area (Å²) in [6.45, 7) is 1.62. The van der Waals surface area contributed by atoms with Crippen molar-refractivity contribution in [2.24, 2.45) is 0 Å². The molecular weight excluding hydrogens is 389 g/mol. The van der Waals surface area contributed by atoms with Crippen LogP contribution in [0.2, 0.25) is 15.2 Å². The number of nitrogens with zero attached hydrogens (tertiary/aromatic N) is 3. The van der Waals surface area contributed by atoms with Crippen LogP contribution in [-0.2, 0) is 11.2 Å². The highest BCUT2D eigenvalue weighted by molar-refractivity contribution is 6.37. The van der Waals surface area contributed by atoms with Crippen molar-refractivity contribution in [3.63, 3.8) is 0 Å². The highest BCUT2D eigenvalue weighted by Gasteiger charge is 2.26. The second-order valence-electron chi connectivity index (χ2n) is 4.89. The number of anilines is 2. The molecule has 0 unspecified atom stereocenters. The van der Waals surface area contributed by atoms with Crippen LogP contribution in [0.1, 0.15) is 11.4 Å². The van der Waals surface area contributed by atoms with Crippen molar-refractivity contribution in [2.45, 2.75) is 13.3 Å². The molecule has 25 heavy (non-hydrogen) atoms. The molecule has 0 bridgehead atoms. The predicted molar refractivity (Wildman–Crippen MR) is 98.3 cm³/mol. The average molecular weight is 403 g/mol. The van der Waals surface area contributed by atoms with Crippen molar-refractivity contribution < 1.29 is 14.6 Å². The molecule has 6 nitrogen and oxygen atoms in total. The van der Waals surface area contributed by atoms with Crippen LogP contribution in [0, 0.1) is 6.92 Å². The summed E-state index contributed by atoms with van der Waals surface area (Å²) in [7, 11) is 1.50. The lowest BCUT2D eigenvalue weighted by Crippen LogP contribution is -2.27. The first-order valence-electron chi connectivity index (χ1n) is 7.04. The van der Waals surface area contributed by atoms with Crippen molar-refractivity contribution in [3.8, 4) is 0 Å². The summed E-state index contributed by atoms with van der Waals surface area (Å²) in [5.41, 5.74) is 0.638. The smallest absolute Gasteiger partial charge is 0.417 e. The second kappa shape index (κ2) is 8.38. The number of aromatic nitrogens is 2. The van der Waals surface area contributed by atoms with E-state index in [0.717, 1.165) is 4.90 Å². The number of halogens is 3. The standard InChI is InChI=1S/C16H14Cl3N3O3/c1-9-20-14(19)11(4-3-7-25-2)15(21-9)22(16(23)24)13-6-5-10(17)8-12(13)18/h3,5-8H,4H2,1-2H3,(H,23,24). The van der Waals surface area contributed by atoms with Crippen LogP contribution in [0.15, 0.2) is 30.5 Å². The van der Waals surface area contributed by atoms with Crippen LogP contribution < -0.4 is 4.90 Å². The molecule has 1 heterocycles. The third-order valence-electron chi connectivity index (χ3n) is 3.15. The van der Waals surface area contributed by atoms with Crippen molar-refractivity contribution in [2.75, 3.05) is 12.0 Å². The molecule has 0 saturated carbocycles. The number of hydrogen-bond acceptors (Lipinski definition) is 4. The molecule has 0 saturated heterocycles. The number of aryl methyl sites for hydroxylation is 1. The number of benzene rings is 1. The molecule has 0 radical (unpaired) electrons. The lowest BCUT2D eigenvalue weighted by molar-refractivity contribution is 0.204. The summed E-state index contributed by atoms with van der Waals surface area (Å²) >= 11 is 18.3. The van der Waals surface area contributed by atoms with Crippen molar-refractivity contribution in [3.05, 3.63) is 57.1 Å². The van der Waals surface area contributed by atoms with Gasteiger partial charge in [0, 0.05) is 17.0 Å². The van der Waals surface area contributed by atoms with Gasteiger partial charge in [-0.1, -0.05) is 34.8 Å². The Morgan fingerprint density at radius 2 is 2.04 bits per heavy atom. The Bertz CT molecular complexity index is 828. The van der Waals surface area contributed by atoms with E-state index in [1.165, 1.54) is 25.5 Å². The predicted octanol–water partition coefficient (Wildman–Crippen LogP) is 5.26. The van der Waals surface area contributed by atoms with Crippen LogP contribution in [0.3, 0.4) is 0 Å². The van der Waals surface area contributed by atoms with Crippen LogP contribution >= 0.6 is 34.8 Å². The van der Waals surface area contributed by atoms with Gasteiger partial charge in [-0.15, -0.1) is 0 Å². The monoisotopic (exact) mass is 401 g/mol. The quantitative estimate of drug-likeness (QED) is 0.545. The highest BCUT2D eigenvalue weighted by Crippen LogP contribution is 2.36. The molecule has 1 amide bonds. The summed E-state index contributed by atoms with van der Waals surface area (Å²) in [6, 6.07) is 4.49. The Kier molecular flexibility index (Phi) is 6.47. The molecule has 1 N–H and O–H groups in total. The molecule has 0 aliphatic heterocycles. The number of ether oxygens (including phenoxy) is 1. The van der Waals surface area contributed by atoms with Gasteiger partial charge < -0.3 is 9.84 Å². The van der Waals surface area contributed by atoms with Gasteiger partial charge >= 0.3 is 6.09 Å². The number of carboxylic acid groups (broad SMARTS) is 1. The Morgan fingerprint density at radius 1 is 1.32 bits per heavy atom. The van der Waals surface area contributed by atoms with Gasteiger partial charge in [0.25, 0.3) is 0 Å². The minimum atomic E-state index is -1.27. The summed E-state index contributed by atoms with van der Waals surface area (Å²) in [4.78, 5) is 21.2. The molecule has 2 aromatic rings.